The minimum Gasteiger partial charge on any atom is -0.353 e. The third kappa shape index (κ3) is 3.95. The SMILES string of the molecule is Cn1cccc1CN(C(=O)CCSc1ccccc1)C1CC1. The van der Waals surface area contributed by atoms with Gasteiger partial charge in [0.2, 0.25) is 5.91 Å². The number of hydrogen-bond acceptors (Lipinski definition) is 2. The van der Waals surface area contributed by atoms with Crippen molar-refractivity contribution >= 4 is 17.7 Å². The molecule has 0 aliphatic heterocycles. The number of carbonyl (C=O) groups is 1. The number of nitrogens with zero attached hydrogens (tertiary/aromatic N) is 2. The first-order valence-corrected chi connectivity index (χ1v) is 8.80. The minimum atomic E-state index is 0.284. The molecule has 4 heteroatoms. The van der Waals surface area contributed by atoms with Gasteiger partial charge in [-0.05, 0) is 37.1 Å². The van der Waals surface area contributed by atoms with Crippen LogP contribution >= 0.6 is 11.8 Å². The fraction of sp³-hybridized carbons (Fsp3) is 0.389. The topological polar surface area (TPSA) is 25.2 Å². The van der Waals surface area contributed by atoms with Gasteiger partial charge in [-0.2, -0.15) is 0 Å². The molecule has 0 spiro atoms. The molecule has 2 aromatic rings. The molecular formula is C18H22N2OS. The van der Waals surface area contributed by atoms with Crippen molar-refractivity contribution in [2.45, 2.75) is 36.7 Å². The van der Waals surface area contributed by atoms with Gasteiger partial charge < -0.3 is 9.47 Å². The van der Waals surface area contributed by atoms with Gasteiger partial charge in [0, 0.05) is 42.0 Å². The number of hydrogen-bond donors (Lipinski definition) is 0. The molecule has 22 heavy (non-hydrogen) atoms. The smallest absolute Gasteiger partial charge is 0.224 e. The lowest BCUT2D eigenvalue weighted by Crippen LogP contribution is -2.33. The van der Waals surface area contributed by atoms with Gasteiger partial charge >= 0.3 is 0 Å². The molecule has 3 nitrogen and oxygen atoms in total. The Morgan fingerprint density at radius 3 is 2.64 bits per heavy atom. The molecule has 3 rings (SSSR count). The monoisotopic (exact) mass is 314 g/mol. The predicted molar refractivity (Wildman–Crippen MR) is 90.8 cm³/mol. The fourth-order valence-corrected chi connectivity index (χ4v) is 3.42. The first-order valence-electron chi connectivity index (χ1n) is 7.81. The van der Waals surface area contributed by atoms with Crippen LogP contribution < -0.4 is 0 Å². The van der Waals surface area contributed by atoms with E-state index in [1.54, 1.807) is 11.8 Å². The van der Waals surface area contributed by atoms with Crippen LogP contribution in [0.4, 0.5) is 0 Å². The maximum Gasteiger partial charge on any atom is 0.224 e. The van der Waals surface area contributed by atoms with Gasteiger partial charge in [-0.25, -0.2) is 0 Å². The van der Waals surface area contributed by atoms with E-state index in [9.17, 15) is 4.79 Å². The van der Waals surface area contributed by atoms with Crippen LogP contribution in [0.25, 0.3) is 0 Å². The summed E-state index contributed by atoms with van der Waals surface area (Å²) in [6, 6.07) is 14.9. The Morgan fingerprint density at radius 1 is 1.23 bits per heavy atom. The van der Waals surface area contributed by atoms with Crippen molar-refractivity contribution in [2.24, 2.45) is 7.05 Å². The standard InChI is InChI=1S/C18H22N2OS/c1-19-12-5-6-16(19)14-20(15-9-10-15)18(21)11-13-22-17-7-3-2-4-8-17/h2-8,12,15H,9-11,13-14H2,1H3. The van der Waals surface area contributed by atoms with Gasteiger partial charge in [0.05, 0.1) is 6.54 Å². The first-order chi connectivity index (χ1) is 10.7. The average Bonchev–Trinajstić information content (AvgIpc) is 3.29. The van der Waals surface area contributed by atoms with Crippen LogP contribution in [0, 0.1) is 0 Å². The molecule has 1 aliphatic carbocycles. The molecule has 116 valence electrons. The molecule has 1 aromatic heterocycles. The largest absolute Gasteiger partial charge is 0.353 e. The summed E-state index contributed by atoms with van der Waals surface area (Å²) in [4.78, 5) is 15.9. The Kier molecular flexibility index (Phi) is 4.88. The number of rotatable bonds is 7. The second kappa shape index (κ2) is 7.05. The summed E-state index contributed by atoms with van der Waals surface area (Å²) in [5, 5.41) is 0. The molecule has 1 heterocycles. The summed E-state index contributed by atoms with van der Waals surface area (Å²) in [6.45, 7) is 0.739. The van der Waals surface area contributed by atoms with Crippen LogP contribution in [0.15, 0.2) is 53.6 Å². The summed E-state index contributed by atoms with van der Waals surface area (Å²) >= 11 is 1.76. The predicted octanol–water partition coefficient (Wildman–Crippen LogP) is 3.70. The molecule has 1 aromatic carbocycles. The molecular weight excluding hydrogens is 292 g/mol. The van der Waals surface area contributed by atoms with Crippen LogP contribution in [-0.2, 0) is 18.4 Å². The summed E-state index contributed by atoms with van der Waals surface area (Å²) < 4.78 is 2.10. The molecule has 1 amide bonds. The molecule has 0 unspecified atom stereocenters. The van der Waals surface area contributed by atoms with Crippen molar-refractivity contribution in [2.75, 3.05) is 5.75 Å². The molecule has 1 saturated carbocycles. The van der Waals surface area contributed by atoms with Crippen LogP contribution in [0.1, 0.15) is 25.0 Å². The Bertz CT molecular complexity index is 619. The minimum absolute atomic E-state index is 0.284. The number of thioether (sulfide) groups is 1. The second-order valence-corrected chi connectivity index (χ2v) is 6.94. The van der Waals surface area contributed by atoms with Gasteiger partial charge in [-0.1, -0.05) is 18.2 Å². The van der Waals surface area contributed by atoms with E-state index in [2.05, 4.69) is 27.7 Å². The Hall–Kier alpha value is -1.68. The van der Waals surface area contributed by atoms with Crippen molar-refractivity contribution in [3.05, 3.63) is 54.4 Å². The van der Waals surface area contributed by atoms with Crippen molar-refractivity contribution < 1.29 is 4.79 Å². The van der Waals surface area contributed by atoms with Gasteiger partial charge in [-0.3, -0.25) is 4.79 Å². The normalized spacial score (nSPS) is 14.0. The van der Waals surface area contributed by atoms with Crippen molar-refractivity contribution in [3.63, 3.8) is 0 Å². The van der Waals surface area contributed by atoms with E-state index in [-0.39, 0.29) is 5.91 Å². The summed E-state index contributed by atoms with van der Waals surface area (Å²) in [5.74, 6) is 1.13. The fourth-order valence-electron chi connectivity index (χ4n) is 2.56. The van der Waals surface area contributed by atoms with Crippen LogP contribution in [0.3, 0.4) is 0 Å². The van der Waals surface area contributed by atoms with E-state index in [1.807, 2.05) is 37.5 Å². The van der Waals surface area contributed by atoms with Crippen LogP contribution in [0.5, 0.6) is 0 Å². The molecule has 0 radical (unpaired) electrons. The zero-order valence-corrected chi connectivity index (χ0v) is 13.8. The number of carbonyl (C=O) groups excluding carboxylic acids is 1. The number of amides is 1. The second-order valence-electron chi connectivity index (χ2n) is 5.77. The molecule has 1 aliphatic rings. The highest BCUT2D eigenvalue weighted by Gasteiger charge is 2.32. The van der Waals surface area contributed by atoms with Crippen molar-refractivity contribution in [3.8, 4) is 0 Å². The lowest BCUT2D eigenvalue weighted by molar-refractivity contribution is -0.132. The van der Waals surface area contributed by atoms with E-state index < -0.39 is 0 Å². The van der Waals surface area contributed by atoms with E-state index in [0.717, 1.165) is 25.1 Å². The van der Waals surface area contributed by atoms with E-state index in [1.165, 1.54) is 10.6 Å². The van der Waals surface area contributed by atoms with E-state index >= 15 is 0 Å². The lowest BCUT2D eigenvalue weighted by Gasteiger charge is -2.23. The zero-order chi connectivity index (χ0) is 15.4. The lowest BCUT2D eigenvalue weighted by atomic mass is 10.3. The zero-order valence-electron chi connectivity index (χ0n) is 12.9. The Labute approximate surface area is 136 Å². The third-order valence-electron chi connectivity index (χ3n) is 4.02. The van der Waals surface area contributed by atoms with E-state index in [4.69, 9.17) is 0 Å². The first kappa shape index (κ1) is 15.2. The molecule has 1 fully saturated rings. The maximum atomic E-state index is 12.6. The summed E-state index contributed by atoms with van der Waals surface area (Å²) in [7, 11) is 2.04. The molecule has 0 saturated heterocycles. The molecule has 0 bridgehead atoms. The quantitative estimate of drug-likeness (QED) is 0.728. The van der Waals surface area contributed by atoms with E-state index in [0.29, 0.717) is 12.5 Å². The molecule has 0 N–H and O–H groups in total. The highest BCUT2D eigenvalue weighted by atomic mass is 32.2. The van der Waals surface area contributed by atoms with Crippen LogP contribution in [-0.4, -0.2) is 27.2 Å². The van der Waals surface area contributed by atoms with Gasteiger partial charge in [0.25, 0.3) is 0 Å². The molecule has 0 atom stereocenters. The number of benzene rings is 1. The number of aromatic nitrogens is 1. The Morgan fingerprint density at radius 2 is 2.00 bits per heavy atom. The summed E-state index contributed by atoms with van der Waals surface area (Å²) in [5.41, 5.74) is 1.20. The maximum absolute atomic E-state index is 12.6. The number of aryl methyl sites for hydroxylation is 1. The highest BCUT2D eigenvalue weighted by molar-refractivity contribution is 7.99. The Balaban J connectivity index is 1.53. The van der Waals surface area contributed by atoms with Gasteiger partial charge in [-0.15, -0.1) is 11.8 Å². The van der Waals surface area contributed by atoms with Gasteiger partial charge in [0.1, 0.15) is 0 Å². The summed E-state index contributed by atoms with van der Waals surface area (Å²) in [6.07, 6.45) is 4.96. The average molecular weight is 314 g/mol. The van der Waals surface area contributed by atoms with Crippen LogP contribution in [0.2, 0.25) is 0 Å². The highest BCUT2D eigenvalue weighted by Crippen LogP contribution is 2.29. The van der Waals surface area contributed by atoms with Crippen molar-refractivity contribution in [1.29, 1.82) is 0 Å². The third-order valence-corrected chi connectivity index (χ3v) is 5.03. The van der Waals surface area contributed by atoms with Gasteiger partial charge in [0.15, 0.2) is 0 Å². The van der Waals surface area contributed by atoms with Crippen molar-refractivity contribution in [1.82, 2.24) is 9.47 Å².